The van der Waals surface area contributed by atoms with Gasteiger partial charge in [-0.15, -0.1) is 0 Å². The molecule has 2 aromatic carbocycles. The number of benzene rings is 2. The lowest BCUT2D eigenvalue weighted by molar-refractivity contribution is -0.121. The lowest BCUT2D eigenvalue weighted by Crippen LogP contribution is -2.24. The Bertz CT molecular complexity index is 964. The van der Waals surface area contributed by atoms with Crippen molar-refractivity contribution in [3.63, 3.8) is 0 Å². The van der Waals surface area contributed by atoms with E-state index < -0.39 is 0 Å². The van der Waals surface area contributed by atoms with Crippen LogP contribution in [0.5, 0.6) is 0 Å². The van der Waals surface area contributed by atoms with Crippen LogP contribution in [0.15, 0.2) is 48.5 Å². The number of nitrogens with zero attached hydrogens (tertiary/aromatic N) is 2. The number of imidazole rings is 1. The molecule has 1 aromatic heterocycles. The third kappa shape index (κ3) is 4.98. The molecule has 146 valence electrons. The number of amides is 1. The number of carbonyl (C=O) groups is 2. The number of para-hydroxylation sites is 2. The van der Waals surface area contributed by atoms with E-state index in [0.717, 1.165) is 29.7 Å². The summed E-state index contributed by atoms with van der Waals surface area (Å²) in [6.07, 6.45) is 2.85. The van der Waals surface area contributed by atoms with Gasteiger partial charge >= 0.3 is 0 Å². The molecule has 0 atom stereocenters. The first-order chi connectivity index (χ1) is 13.6. The van der Waals surface area contributed by atoms with E-state index in [2.05, 4.69) is 5.32 Å². The Balaban J connectivity index is 1.74. The summed E-state index contributed by atoms with van der Waals surface area (Å²) in [6.45, 7) is 2.81. The van der Waals surface area contributed by atoms with Crippen LogP contribution >= 0.6 is 11.6 Å². The Morgan fingerprint density at radius 3 is 2.61 bits per heavy atom. The molecule has 0 saturated heterocycles. The van der Waals surface area contributed by atoms with Gasteiger partial charge in [-0.25, -0.2) is 4.98 Å². The second-order valence-corrected chi connectivity index (χ2v) is 7.17. The van der Waals surface area contributed by atoms with E-state index in [1.165, 1.54) is 0 Å². The Morgan fingerprint density at radius 1 is 1.11 bits per heavy atom. The zero-order valence-corrected chi connectivity index (χ0v) is 16.7. The van der Waals surface area contributed by atoms with Gasteiger partial charge in [-0.05, 0) is 49.2 Å². The van der Waals surface area contributed by atoms with Crippen molar-refractivity contribution in [1.29, 1.82) is 0 Å². The van der Waals surface area contributed by atoms with Gasteiger partial charge in [-0.2, -0.15) is 0 Å². The normalized spacial score (nSPS) is 10.9. The zero-order valence-electron chi connectivity index (χ0n) is 16.0. The molecule has 3 rings (SSSR count). The van der Waals surface area contributed by atoms with E-state index in [4.69, 9.17) is 16.6 Å². The lowest BCUT2D eigenvalue weighted by Gasteiger charge is -2.09. The van der Waals surface area contributed by atoms with Gasteiger partial charge in [0.05, 0.1) is 17.6 Å². The Morgan fingerprint density at radius 2 is 1.86 bits per heavy atom. The van der Waals surface area contributed by atoms with Crippen molar-refractivity contribution >= 4 is 34.3 Å². The van der Waals surface area contributed by atoms with Crippen molar-refractivity contribution in [2.75, 3.05) is 6.54 Å². The van der Waals surface area contributed by atoms with Crippen LogP contribution < -0.4 is 5.32 Å². The smallest absolute Gasteiger partial charge is 0.219 e. The minimum Gasteiger partial charge on any atom is -0.356 e. The molecule has 1 heterocycles. The molecule has 1 amide bonds. The number of aryl methyl sites for hydroxylation is 1. The number of ketones is 1. The maximum absolute atomic E-state index is 12.8. The van der Waals surface area contributed by atoms with Crippen LogP contribution in [-0.2, 0) is 17.8 Å². The summed E-state index contributed by atoms with van der Waals surface area (Å²) in [7, 11) is 0. The summed E-state index contributed by atoms with van der Waals surface area (Å²) in [5.74, 6) is 0.944. The number of aromatic nitrogens is 2. The van der Waals surface area contributed by atoms with E-state index in [9.17, 15) is 9.59 Å². The molecular formula is C22H24ClN3O2. The zero-order chi connectivity index (χ0) is 19.9. The summed E-state index contributed by atoms with van der Waals surface area (Å²) >= 11 is 5.92. The molecule has 0 aliphatic heterocycles. The molecule has 0 unspecified atom stereocenters. The molecule has 0 radical (unpaired) electrons. The van der Waals surface area contributed by atoms with E-state index in [1.54, 1.807) is 24.3 Å². The van der Waals surface area contributed by atoms with Crippen LogP contribution in [0.4, 0.5) is 0 Å². The minimum atomic E-state index is 0.0114. The fourth-order valence-electron chi connectivity index (χ4n) is 3.15. The Kier molecular flexibility index (Phi) is 6.82. The van der Waals surface area contributed by atoms with Crippen LogP contribution in [0.2, 0.25) is 5.02 Å². The molecule has 0 saturated carbocycles. The van der Waals surface area contributed by atoms with E-state index >= 15 is 0 Å². The van der Waals surface area contributed by atoms with Gasteiger partial charge in [0.1, 0.15) is 5.82 Å². The van der Waals surface area contributed by atoms with Crippen molar-refractivity contribution in [2.24, 2.45) is 0 Å². The molecule has 0 spiro atoms. The molecule has 5 nitrogen and oxygen atoms in total. The van der Waals surface area contributed by atoms with E-state index in [1.807, 2.05) is 35.8 Å². The maximum atomic E-state index is 12.8. The average Bonchev–Trinajstić information content (AvgIpc) is 3.03. The summed E-state index contributed by atoms with van der Waals surface area (Å²) in [6, 6.07) is 14.7. The number of hydrogen-bond acceptors (Lipinski definition) is 3. The van der Waals surface area contributed by atoms with Gasteiger partial charge in [0.25, 0.3) is 0 Å². The fourth-order valence-corrected chi connectivity index (χ4v) is 3.28. The quantitative estimate of drug-likeness (QED) is 0.429. The van der Waals surface area contributed by atoms with Crippen molar-refractivity contribution in [1.82, 2.24) is 14.9 Å². The molecule has 0 aliphatic carbocycles. The summed E-state index contributed by atoms with van der Waals surface area (Å²) in [5.41, 5.74) is 2.44. The van der Waals surface area contributed by atoms with Gasteiger partial charge in [0.15, 0.2) is 5.78 Å². The monoisotopic (exact) mass is 397 g/mol. The highest BCUT2D eigenvalue weighted by molar-refractivity contribution is 6.30. The standard InChI is InChI=1S/C22H24ClN3O2/c1-2-6-22(28)24-14-5-9-21-25-18-7-3-4-8-19(18)26(21)15-20(27)16-10-12-17(23)13-11-16/h3-4,7-8,10-13H,2,5-6,9,14-15H2,1H3,(H,24,28). The Labute approximate surface area is 169 Å². The SMILES string of the molecule is CCCC(=O)NCCCc1nc2ccccc2n1CC(=O)c1ccc(Cl)cc1. The number of nitrogens with one attached hydrogen (secondary N) is 1. The minimum absolute atomic E-state index is 0.0114. The molecule has 0 aliphatic rings. The second-order valence-electron chi connectivity index (χ2n) is 6.74. The van der Waals surface area contributed by atoms with Crippen molar-refractivity contribution in [3.05, 3.63) is 64.9 Å². The largest absolute Gasteiger partial charge is 0.356 e. The fraction of sp³-hybridized carbons (Fsp3) is 0.318. The predicted molar refractivity (Wildman–Crippen MR) is 112 cm³/mol. The first-order valence-electron chi connectivity index (χ1n) is 9.58. The first-order valence-corrected chi connectivity index (χ1v) is 9.96. The molecule has 6 heteroatoms. The summed E-state index contributed by atoms with van der Waals surface area (Å²) in [5, 5.41) is 3.53. The van der Waals surface area contributed by atoms with E-state index in [-0.39, 0.29) is 18.2 Å². The number of hydrogen-bond donors (Lipinski definition) is 1. The van der Waals surface area contributed by atoms with Crippen LogP contribution in [0.1, 0.15) is 42.4 Å². The van der Waals surface area contributed by atoms with Crippen LogP contribution in [0.3, 0.4) is 0 Å². The first kappa shape index (κ1) is 20.1. The number of Topliss-reactive ketones (excluding diaryl/α,β-unsaturated/α-hetero) is 1. The molecular weight excluding hydrogens is 374 g/mol. The van der Waals surface area contributed by atoms with E-state index in [0.29, 0.717) is 30.0 Å². The molecule has 0 bridgehead atoms. The third-order valence-electron chi connectivity index (χ3n) is 4.58. The molecule has 0 fully saturated rings. The van der Waals surface area contributed by atoms with Crippen molar-refractivity contribution < 1.29 is 9.59 Å². The maximum Gasteiger partial charge on any atom is 0.219 e. The van der Waals surface area contributed by atoms with Crippen molar-refractivity contribution in [3.8, 4) is 0 Å². The molecule has 3 aromatic rings. The van der Waals surface area contributed by atoms with Gasteiger partial charge in [0.2, 0.25) is 5.91 Å². The van der Waals surface area contributed by atoms with Gasteiger partial charge in [0, 0.05) is 30.0 Å². The van der Waals surface area contributed by atoms with Gasteiger partial charge in [-0.1, -0.05) is 30.7 Å². The molecule has 1 N–H and O–H groups in total. The summed E-state index contributed by atoms with van der Waals surface area (Å²) < 4.78 is 1.97. The topological polar surface area (TPSA) is 64.0 Å². The number of rotatable bonds is 9. The van der Waals surface area contributed by atoms with Crippen LogP contribution in [-0.4, -0.2) is 27.8 Å². The number of halogens is 1. The lowest BCUT2D eigenvalue weighted by atomic mass is 10.1. The predicted octanol–water partition coefficient (Wildman–Crippen LogP) is 4.42. The number of carbonyl (C=O) groups excluding carboxylic acids is 2. The average molecular weight is 398 g/mol. The van der Waals surface area contributed by atoms with Gasteiger partial charge in [-0.3, -0.25) is 9.59 Å². The summed E-state index contributed by atoms with van der Waals surface area (Å²) in [4.78, 5) is 29.1. The highest BCUT2D eigenvalue weighted by atomic mass is 35.5. The van der Waals surface area contributed by atoms with Gasteiger partial charge < -0.3 is 9.88 Å². The number of fused-ring (bicyclic) bond motifs is 1. The second kappa shape index (κ2) is 9.51. The highest BCUT2D eigenvalue weighted by Gasteiger charge is 2.15. The van der Waals surface area contributed by atoms with Crippen LogP contribution in [0.25, 0.3) is 11.0 Å². The Hall–Kier alpha value is -2.66. The third-order valence-corrected chi connectivity index (χ3v) is 4.83. The van der Waals surface area contributed by atoms with Crippen LogP contribution in [0, 0.1) is 0 Å². The highest BCUT2D eigenvalue weighted by Crippen LogP contribution is 2.19. The molecule has 28 heavy (non-hydrogen) atoms. The van der Waals surface area contributed by atoms with Crippen molar-refractivity contribution in [2.45, 2.75) is 39.2 Å².